The topological polar surface area (TPSA) is 71.3 Å². The molecule has 6 heteroatoms. The summed E-state index contributed by atoms with van der Waals surface area (Å²) >= 11 is 0. The number of nitrogens with one attached hydrogen (secondary N) is 1. The van der Waals surface area contributed by atoms with Gasteiger partial charge < -0.3 is 14.7 Å². The second-order valence-corrected chi connectivity index (χ2v) is 6.54. The van der Waals surface area contributed by atoms with Crippen LogP contribution in [0.4, 0.5) is 0 Å². The molecule has 0 saturated carbocycles. The second kappa shape index (κ2) is 6.20. The van der Waals surface area contributed by atoms with Crippen molar-refractivity contribution in [2.75, 3.05) is 19.6 Å². The average molecular weight is 304 g/mol. The van der Waals surface area contributed by atoms with E-state index in [9.17, 15) is 4.79 Å². The van der Waals surface area contributed by atoms with Crippen molar-refractivity contribution in [2.24, 2.45) is 5.92 Å². The van der Waals surface area contributed by atoms with Crippen LogP contribution in [0, 0.1) is 12.8 Å². The van der Waals surface area contributed by atoms with Crippen molar-refractivity contribution in [3.05, 3.63) is 23.9 Å². The van der Waals surface area contributed by atoms with E-state index in [2.05, 4.69) is 32.5 Å². The summed E-state index contributed by atoms with van der Waals surface area (Å²) in [6.07, 6.45) is 8.97. The molecule has 6 nitrogen and oxygen atoms in total. The van der Waals surface area contributed by atoms with Crippen molar-refractivity contribution in [3.8, 4) is 0 Å². The number of likely N-dealkylation sites (tertiary alicyclic amines) is 1. The van der Waals surface area contributed by atoms with Gasteiger partial charge in [-0.15, -0.1) is 0 Å². The third-order valence-electron chi connectivity index (χ3n) is 4.61. The van der Waals surface area contributed by atoms with E-state index in [4.69, 9.17) is 4.52 Å². The van der Waals surface area contributed by atoms with Crippen LogP contribution in [-0.4, -0.2) is 40.6 Å². The van der Waals surface area contributed by atoms with E-state index in [1.807, 2.05) is 0 Å². The Kier molecular flexibility index (Phi) is 4.29. The van der Waals surface area contributed by atoms with Gasteiger partial charge in [-0.25, -0.2) is 0 Å². The van der Waals surface area contributed by atoms with E-state index in [0.29, 0.717) is 17.6 Å². The molecule has 1 saturated heterocycles. The summed E-state index contributed by atoms with van der Waals surface area (Å²) in [4.78, 5) is 18.4. The highest BCUT2D eigenvalue weighted by molar-refractivity contribution is 5.74. The third-order valence-corrected chi connectivity index (χ3v) is 4.61. The smallest absolute Gasteiger partial charge is 0.223 e. The Balaban J connectivity index is 1.72. The van der Waals surface area contributed by atoms with Gasteiger partial charge in [0.15, 0.2) is 5.82 Å². The van der Waals surface area contributed by atoms with Crippen LogP contribution in [0.2, 0.25) is 0 Å². The zero-order chi connectivity index (χ0) is 15.6. The number of carbonyl (C=O) groups is 1. The normalized spacial score (nSPS) is 28.9. The minimum Gasteiger partial charge on any atom is -0.342 e. The first-order valence-electron chi connectivity index (χ1n) is 8.04. The predicted octanol–water partition coefficient (Wildman–Crippen LogP) is 1.77. The van der Waals surface area contributed by atoms with Crippen LogP contribution >= 0.6 is 0 Å². The number of aryl methyl sites for hydroxylation is 1. The molecular formula is C16H24N4O2. The molecule has 0 radical (unpaired) electrons. The molecule has 2 atom stereocenters. The fourth-order valence-electron chi connectivity index (χ4n) is 3.60. The molecular weight excluding hydrogens is 280 g/mol. The van der Waals surface area contributed by atoms with E-state index in [-0.39, 0.29) is 5.91 Å². The van der Waals surface area contributed by atoms with Gasteiger partial charge in [0.05, 0.1) is 0 Å². The number of aromatic nitrogens is 2. The second-order valence-electron chi connectivity index (χ2n) is 6.54. The lowest BCUT2D eigenvalue weighted by Crippen LogP contribution is -2.48. The molecule has 1 fully saturated rings. The zero-order valence-corrected chi connectivity index (χ0v) is 13.3. The molecule has 0 aromatic carbocycles. The van der Waals surface area contributed by atoms with Crippen LogP contribution in [-0.2, 0) is 10.3 Å². The Morgan fingerprint density at radius 1 is 1.55 bits per heavy atom. The van der Waals surface area contributed by atoms with Crippen LogP contribution in [0.5, 0.6) is 0 Å². The molecule has 1 amide bonds. The maximum atomic E-state index is 11.7. The maximum absolute atomic E-state index is 11.7. The van der Waals surface area contributed by atoms with E-state index < -0.39 is 5.54 Å². The summed E-state index contributed by atoms with van der Waals surface area (Å²) in [6.45, 7) is 6.10. The molecule has 1 aliphatic carbocycles. The zero-order valence-electron chi connectivity index (χ0n) is 13.3. The van der Waals surface area contributed by atoms with Crippen molar-refractivity contribution in [1.82, 2.24) is 20.4 Å². The van der Waals surface area contributed by atoms with Gasteiger partial charge in [-0.1, -0.05) is 17.3 Å². The maximum Gasteiger partial charge on any atom is 0.223 e. The first-order valence-corrected chi connectivity index (χ1v) is 8.04. The van der Waals surface area contributed by atoms with Gasteiger partial charge in [0, 0.05) is 33.5 Å². The van der Waals surface area contributed by atoms with E-state index in [1.165, 1.54) is 12.8 Å². The molecule has 1 N–H and O–H groups in total. The largest absolute Gasteiger partial charge is 0.342 e. The van der Waals surface area contributed by atoms with E-state index >= 15 is 0 Å². The van der Waals surface area contributed by atoms with Gasteiger partial charge in [-0.05, 0) is 31.6 Å². The summed E-state index contributed by atoms with van der Waals surface area (Å²) in [6, 6.07) is 0. The minimum atomic E-state index is -0.506. The Morgan fingerprint density at radius 3 is 3.05 bits per heavy atom. The van der Waals surface area contributed by atoms with Crippen LogP contribution < -0.4 is 5.32 Å². The Morgan fingerprint density at radius 2 is 2.41 bits per heavy atom. The summed E-state index contributed by atoms with van der Waals surface area (Å²) in [5, 5.41) is 7.14. The fourth-order valence-corrected chi connectivity index (χ4v) is 3.60. The lowest BCUT2D eigenvalue weighted by Gasteiger charge is -2.29. The number of nitrogens with zero attached hydrogens (tertiary/aromatic N) is 3. The van der Waals surface area contributed by atoms with Crippen LogP contribution in [0.1, 0.15) is 44.3 Å². The van der Waals surface area contributed by atoms with Crippen molar-refractivity contribution in [2.45, 2.75) is 45.1 Å². The number of hydrogen-bond donors (Lipinski definition) is 1. The summed E-state index contributed by atoms with van der Waals surface area (Å²) in [5.41, 5.74) is -0.506. The standard InChI is InChI=1S/C16H24N4O2/c1-12(21)18-16(15-17-13(2)22-19-15)8-9-20(11-16)10-14-6-4-3-5-7-14/h3-4,14H,5-11H2,1-2H3,(H,18,21)/t14-,16-/m0/s1. The predicted molar refractivity (Wildman–Crippen MR) is 82.1 cm³/mol. The van der Waals surface area contributed by atoms with Crippen LogP contribution in [0.15, 0.2) is 16.7 Å². The van der Waals surface area contributed by atoms with Crippen molar-refractivity contribution < 1.29 is 9.32 Å². The van der Waals surface area contributed by atoms with Crippen molar-refractivity contribution in [1.29, 1.82) is 0 Å². The molecule has 2 aliphatic rings. The van der Waals surface area contributed by atoms with Gasteiger partial charge in [-0.2, -0.15) is 4.98 Å². The van der Waals surface area contributed by atoms with Crippen LogP contribution in [0.3, 0.4) is 0 Å². The lowest BCUT2D eigenvalue weighted by atomic mass is 9.94. The highest BCUT2D eigenvalue weighted by Crippen LogP contribution is 2.32. The molecule has 3 rings (SSSR count). The van der Waals surface area contributed by atoms with Crippen molar-refractivity contribution >= 4 is 5.91 Å². The number of rotatable bonds is 4. The SMILES string of the molecule is CC(=O)N[C@@]1(c2noc(C)n2)CCN(C[C@H]2CC=CCC2)C1. The molecule has 2 heterocycles. The Hall–Kier alpha value is -1.69. The highest BCUT2D eigenvalue weighted by atomic mass is 16.5. The molecule has 1 aromatic heterocycles. The molecule has 0 unspecified atom stereocenters. The summed E-state index contributed by atoms with van der Waals surface area (Å²) < 4.78 is 5.13. The highest BCUT2D eigenvalue weighted by Gasteiger charge is 2.44. The van der Waals surface area contributed by atoms with Crippen molar-refractivity contribution in [3.63, 3.8) is 0 Å². The number of amides is 1. The summed E-state index contributed by atoms with van der Waals surface area (Å²) in [5.74, 6) is 1.80. The van der Waals surface area contributed by atoms with Gasteiger partial charge in [0.1, 0.15) is 5.54 Å². The number of allylic oxidation sites excluding steroid dienone is 2. The van der Waals surface area contributed by atoms with E-state index in [0.717, 1.165) is 32.5 Å². The molecule has 0 spiro atoms. The third kappa shape index (κ3) is 3.21. The molecule has 0 bridgehead atoms. The average Bonchev–Trinajstić information content (AvgIpc) is 3.07. The quantitative estimate of drug-likeness (QED) is 0.858. The van der Waals surface area contributed by atoms with E-state index in [1.54, 1.807) is 13.8 Å². The van der Waals surface area contributed by atoms with Gasteiger partial charge >= 0.3 is 0 Å². The Labute approximate surface area is 130 Å². The number of hydrogen-bond acceptors (Lipinski definition) is 5. The monoisotopic (exact) mass is 304 g/mol. The Bertz CT molecular complexity index is 568. The summed E-state index contributed by atoms with van der Waals surface area (Å²) in [7, 11) is 0. The van der Waals surface area contributed by atoms with Gasteiger partial charge in [-0.3, -0.25) is 4.79 Å². The first-order chi connectivity index (χ1) is 10.6. The van der Waals surface area contributed by atoms with Crippen LogP contribution in [0.25, 0.3) is 0 Å². The molecule has 22 heavy (non-hydrogen) atoms. The molecule has 1 aliphatic heterocycles. The molecule has 120 valence electrons. The first kappa shape index (κ1) is 15.2. The van der Waals surface area contributed by atoms with Gasteiger partial charge in [0.2, 0.25) is 11.8 Å². The van der Waals surface area contributed by atoms with Gasteiger partial charge in [0.25, 0.3) is 0 Å². The fraction of sp³-hybridized carbons (Fsp3) is 0.688. The minimum absolute atomic E-state index is 0.0510. The molecule has 1 aromatic rings. The number of carbonyl (C=O) groups excluding carboxylic acids is 1. The lowest BCUT2D eigenvalue weighted by molar-refractivity contribution is -0.121.